The molecule has 2 N–H and O–H groups in total. The van der Waals surface area contributed by atoms with Gasteiger partial charge in [-0.2, -0.15) is 11.3 Å². The first-order valence-electron chi connectivity index (χ1n) is 6.11. The first kappa shape index (κ1) is 15.1. The van der Waals surface area contributed by atoms with Gasteiger partial charge in [-0.1, -0.05) is 0 Å². The van der Waals surface area contributed by atoms with Gasteiger partial charge in [0, 0.05) is 30.0 Å². The molecular weight excluding hydrogens is 298 g/mol. The molecule has 0 aliphatic heterocycles. The van der Waals surface area contributed by atoms with E-state index in [1.165, 1.54) is 11.3 Å². The molecule has 7 heteroatoms. The molecule has 2 rings (SSSR count). The Hall–Kier alpha value is -2.28. The summed E-state index contributed by atoms with van der Waals surface area (Å²) in [6.07, 6.45) is -0.0359. The monoisotopic (exact) mass is 310 g/mol. The molecule has 0 unspecified atom stereocenters. The zero-order valence-corrected chi connectivity index (χ0v) is 11.7. The summed E-state index contributed by atoms with van der Waals surface area (Å²) in [7, 11) is 0. The molecule has 1 aromatic carbocycles. The van der Waals surface area contributed by atoms with Crippen LogP contribution in [0, 0.1) is 11.6 Å². The highest BCUT2D eigenvalue weighted by Crippen LogP contribution is 2.15. The molecule has 2 amide bonds. The Labute approximate surface area is 123 Å². The Bertz CT molecular complexity index is 644. The molecule has 0 saturated heterocycles. The molecule has 0 radical (unpaired) electrons. The van der Waals surface area contributed by atoms with Crippen LogP contribution >= 0.6 is 11.3 Å². The zero-order chi connectivity index (χ0) is 15.2. The Morgan fingerprint density at radius 2 is 2.00 bits per heavy atom. The van der Waals surface area contributed by atoms with Crippen molar-refractivity contribution in [2.24, 2.45) is 0 Å². The lowest BCUT2D eigenvalue weighted by atomic mass is 10.2. The third-order valence-corrected chi connectivity index (χ3v) is 3.31. The van der Waals surface area contributed by atoms with E-state index in [9.17, 15) is 18.4 Å². The van der Waals surface area contributed by atoms with Crippen molar-refractivity contribution in [2.75, 3.05) is 11.9 Å². The summed E-state index contributed by atoms with van der Waals surface area (Å²) >= 11 is 1.40. The fraction of sp³-hybridized carbons (Fsp3) is 0.143. The van der Waals surface area contributed by atoms with Gasteiger partial charge in [0.25, 0.3) is 5.91 Å². The quantitative estimate of drug-likeness (QED) is 0.892. The van der Waals surface area contributed by atoms with E-state index in [0.717, 1.165) is 18.2 Å². The van der Waals surface area contributed by atoms with Gasteiger partial charge in [0.05, 0.1) is 5.69 Å². The van der Waals surface area contributed by atoms with Gasteiger partial charge in [0.15, 0.2) is 0 Å². The number of amides is 2. The predicted molar refractivity (Wildman–Crippen MR) is 76.3 cm³/mol. The number of benzene rings is 1. The fourth-order valence-electron chi connectivity index (χ4n) is 1.59. The second-order valence-electron chi connectivity index (χ2n) is 4.19. The van der Waals surface area contributed by atoms with Gasteiger partial charge in [0.1, 0.15) is 11.6 Å². The number of anilines is 1. The van der Waals surface area contributed by atoms with Gasteiger partial charge in [-0.15, -0.1) is 0 Å². The van der Waals surface area contributed by atoms with Crippen LogP contribution in [0.1, 0.15) is 16.8 Å². The maximum atomic E-state index is 13.3. The molecule has 4 nitrogen and oxygen atoms in total. The Balaban J connectivity index is 1.80. The van der Waals surface area contributed by atoms with Crippen molar-refractivity contribution in [1.29, 1.82) is 0 Å². The van der Waals surface area contributed by atoms with Crippen molar-refractivity contribution >= 4 is 28.8 Å². The van der Waals surface area contributed by atoms with Crippen molar-refractivity contribution < 1.29 is 18.4 Å². The Morgan fingerprint density at radius 1 is 1.19 bits per heavy atom. The molecule has 0 fully saturated rings. The van der Waals surface area contributed by atoms with Crippen molar-refractivity contribution in [3.63, 3.8) is 0 Å². The van der Waals surface area contributed by atoms with E-state index >= 15 is 0 Å². The normalized spacial score (nSPS) is 10.2. The number of carbonyl (C=O) groups excluding carboxylic acids is 2. The summed E-state index contributed by atoms with van der Waals surface area (Å²) in [6, 6.07) is 4.47. The van der Waals surface area contributed by atoms with E-state index in [2.05, 4.69) is 10.6 Å². The number of nitrogens with one attached hydrogen (secondary N) is 2. The van der Waals surface area contributed by atoms with E-state index in [4.69, 9.17) is 0 Å². The van der Waals surface area contributed by atoms with Crippen molar-refractivity contribution in [1.82, 2.24) is 5.32 Å². The Kier molecular flexibility index (Phi) is 4.99. The molecular formula is C14H12F2N2O2S. The Morgan fingerprint density at radius 3 is 2.71 bits per heavy atom. The molecule has 2 aromatic rings. The van der Waals surface area contributed by atoms with E-state index in [0.29, 0.717) is 5.56 Å². The average molecular weight is 310 g/mol. The minimum absolute atomic E-state index is 0.0359. The van der Waals surface area contributed by atoms with Crippen LogP contribution in [0.25, 0.3) is 0 Å². The standard InChI is InChI=1S/C14H12F2N2O2S/c15-10-1-2-11(16)12(7-10)18-13(19)3-5-17-14(20)9-4-6-21-8-9/h1-2,4,6-8H,3,5H2,(H,17,20)(H,18,19). The van der Waals surface area contributed by atoms with Crippen molar-refractivity contribution in [3.05, 3.63) is 52.2 Å². The maximum absolute atomic E-state index is 13.3. The maximum Gasteiger partial charge on any atom is 0.252 e. The first-order chi connectivity index (χ1) is 10.1. The lowest BCUT2D eigenvalue weighted by Crippen LogP contribution is -2.27. The SMILES string of the molecule is O=C(CCNC(=O)c1ccsc1)Nc1cc(F)ccc1F. The molecule has 0 bridgehead atoms. The second-order valence-corrected chi connectivity index (χ2v) is 4.97. The van der Waals surface area contributed by atoms with Crippen molar-refractivity contribution in [2.45, 2.75) is 6.42 Å². The molecule has 0 aliphatic carbocycles. The summed E-state index contributed by atoms with van der Waals surface area (Å²) in [5.74, 6) is -2.14. The molecule has 21 heavy (non-hydrogen) atoms. The number of carbonyl (C=O) groups is 2. The highest BCUT2D eigenvalue weighted by Gasteiger charge is 2.09. The molecule has 110 valence electrons. The molecule has 1 aromatic heterocycles. The zero-order valence-electron chi connectivity index (χ0n) is 10.9. The summed E-state index contributed by atoms with van der Waals surface area (Å²) in [5.41, 5.74) is 0.306. The topological polar surface area (TPSA) is 58.2 Å². The lowest BCUT2D eigenvalue weighted by molar-refractivity contribution is -0.116. The van der Waals surface area contributed by atoms with E-state index in [-0.39, 0.29) is 24.6 Å². The smallest absolute Gasteiger partial charge is 0.252 e. The van der Waals surface area contributed by atoms with Gasteiger partial charge in [-0.05, 0) is 23.6 Å². The van der Waals surface area contributed by atoms with Crippen LogP contribution in [0.3, 0.4) is 0 Å². The van der Waals surface area contributed by atoms with Crippen LogP contribution < -0.4 is 10.6 Å². The minimum Gasteiger partial charge on any atom is -0.351 e. The predicted octanol–water partition coefficient (Wildman–Crippen LogP) is 2.78. The molecule has 0 atom stereocenters. The lowest BCUT2D eigenvalue weighted by Gasteiger charge is -2.07. The van der Waals surface area contributed by atoms with E-state index in [1.807, 2.05) is 0 Å². The highest BCUT2D eigenvalue weighted by atomic mass is 32.1. The van der Waals surface area contributed by atoms with Gasteiger partial charge in [-0.3, -0.25) is 9.59 Å². The van der Waals surface area contributed by atoms with Crippen molar-refractivity contribution in [3.8, 4) is 0 Å². The van der Waals surface area contributed by atoms with Crippen LogP contribution in [0.5, 0.6) is 0 Å². The van der Waals surface area contributed by atoms with E-state index in [1.54, 1.807) is 16.8 Å². The number of thiophene rings is 1. The number of halogens is 2. The van der Waals surface area contributed by atoms with Crippen LogP contribution in [0.15, 0.2) is 35.0 Å². The third-order valence-electron chi connectivity index (χ3n) is 2.62. The van der Waals surface area contributed by atoms with Crippen LogP contribution in [0.2, 0.25) is 0 Å². The summed E-state index contributed by atoms with van der Waals surface area (Å²) in [5, 5.41) is 8.29. The van der Waals surface area contributed by atoms with Crippen LogP contribution in [0.4, 0.5) is 14.5 Å². The van der Waals surface area contributed by atoms with Crippen LogP contribution in [-0.4, -0.2) is 18.4 Å². The second kappa shape index (κ2) is 6.94. The number of hydrogen-bond acceptors (Lipinski definition) is 3. The summed E-state index contributed by atoms with van der Waals surface area (Å²) in [6.45, 7) is 0.109. The molecule has 0 saturated carbocycles. The largest absolute Gasteiger partial charge is 0.351 e. The minimum atomic E-state index is -0.716. The van der Waals surface area contributed by atoms with Gasteiger partial charge >= 0.3 is 0 Å². The summed E-state index contributed by atoms with van der Waals surface area (Å²) < 4.78 is 26.3. The van der Waals surface area contributed by atoms with Gasteiger partial charge < -0.3 is 10.6 Å². The summed E-state index contributed by atoms with van der Waals surface area (Å²) in [4.78, 5) is 23.2. The van der Waals surface area contributed by atoms with Gasteiger partial charge in [-0.25, -0.2) is 8.78 Å². The van der Waals surface area contributed by atoms with E-state index < -0.39 is 17.5 Å². The number of hydrogen-bond donors (Lipinski definition) is 2. The highest BCUT2D eigenvalue weighted by molar-refractivity contribution is 7.08. The molecule has 0 aliphatic rings. The van der Waals surface area contributed by atoms with Crippen LogP contribution in [-0.2, 0) is 4.79 Å². The first-order valence-corrected chi connectivity index (χ1v) is 7.06. The molecule has 1 heterocycles. The molecule has 0 spiro atoms. The third kappa shape index (κ3) is 4.35. The average Bonchev–Trinajstić information content (AvgIpc) is 2.97. The fourth-order valence-corrected chi connectivity index (χ4v) is 2.23. The van der Waals surface area contributed by atoms with Gasteiger partial charge in [0.2, 0.25) is 5.91 Å². The number of rotatable bonds is 5.